The third-order valence-corrected chi connectivity index (χ3v) is 3.32. The van der Waals surface area contributed by atoms with Crippen LogP contribution in [0, 0.1) is 5.41 Å². The zero-order valence-corrected chi connectivity index (χ0v) is 9.94. The predicted octanol–water partition coefficient (Wildman–Crippen LogP) is 2.58. The highest BCUT2D eigenvalue weighted by molar-refractivity contribution is 4.89. The van der Waals surface area contributed by atoms with Gasteiger partial charge in [0.25, 0.3) is 0 Å². The van der Waals surface area contributed by atoms with Gasteiger partial charge in [-0.3, -0.25) is 0 Å². The molecule has 0 aromatic heterocycles. The van der Waals surface area contributed by atoms with Crippen molar-refractivity contribution >= 4 is 0 Å². The summed E-state index contributed by atoms with van der Waals surface area (Å²) in [6.07, 6.45) is 5.24. The fourth-order valence-electron chi connectivity index (χ4n) is 2.30. The van der Waals surface area contributed by atoms with E-state index in [9.17, 15) is 0 Å². The fraction of sp³-hybridized carbons (Fsp3) is 1.00. The van der Waals surface area contributed by atoms with Gasteiger partial charge in [-0.2, -0.15) is 0 Å². The minimum atomic E-state index is 0.506. The minimum absolute atomic E-state index is 0.506. The van der Waals surface area contributed by atoms with Crippen LogP contribution in [0.5, 0.6) is 0 Å². The number of hydrogen-bond acceptors (Lipinski definition) is 2. The Kier molecular flexibility index (Phi) is 4.90. The Bertz CT molecular complexity index is 156. The van der Waals surface area contributed by atoms with Crippen LogP contribution in [0.3, 0.4) is 0 Å². The summed E-state index contributed by atoms with van der Waals surface area (Å²) in [5.74, 6) is 0. The van der Waals surface area contributed by atoms with Crippen molar-refractivity contribution in [1.29, 1.82) is 0 Å². The molecule has 1 aliphatic rings. The third-order valence-electron chi connectivity index (χ3n) is 3.32. The molecule has 0 heterocycles. The highest BCUT2D eigenvalue weighted by Gasteiger charge is 2.33. The van der Waals surface area contributed by atoms with Crippen LogP contribution in [-0.2, 0) is 4.74 Å². The maximum atomic E-state index is 5.31. The van der Waals surface area contributed by atoms with Crippen LogP contribution in [0.25, 0.3) is 0 Å². The molecule has 0 amide bonds. The summed E-state index contributed by atoms with van der Waals surface area (Å²) in [5, 5.41) is 3.65. The molecule has 1 saturated carbocycles. The summed E-state index contributed by atoms with van der Waals surface area (Å²) in [5.41, 5.74) is 0.506. The molecule has 1 unspecified atom stereocenters. The summed E-state index contributed by atoms with van der Waals surface area (Å²) in [6.45, 7) is 9.65. The van der Waals surface area contributed by atoms with E-state index in [0.29, 0.717) is 5.41 Å². The lowest BCUT2D eigenvalue weighted by Crippen LogP contribution is -2.38. The molecular formula is C12H25NO. The molecule has 0 radical (unpaired) electrons. The summed E-state index contributed by atoms with van der Waals surface area (Å²) in [6, 6.07) is 0.726. The zero-order valence-electron chi connectivity index (χ0n) is 9.94. The maximum Gasteiger partial charge on any atom is 0.0477 e. The van der Waals surface area contributed by atoms with Gasteiger partial charge in [-0.25, -0.2) is 0 Å². The third kappa shape index (κ3) is 3.58. The molecule has 1 atom stereocenters. The van der Waals surface area contributed by atoms with E-state index in [-0.39, 0.29) is 0 Å². The van der Waals surface area contributed by atoms with E-state index >= 15 is 0 Å². The number of nitrogens with one attached hydrogen (secondary N) is 1. The van der Waals surface area contributed by atoms with Crippen LogP contribution in [0.15, 0.2) is 0 Å². The second-order valence-electron chi connectivity index (χ2n) is 4.94. The molecule has 0 aromatic rings. The fourth-order valence-corrected chi connectivity index (χ4v) is 2.30. The van der Waals surface area contributed by atoms with Crippen LogP contribution < -0.4 is 5.32 Å². The molecule has 14 heavy (non-hydrogen) atoms. The largest absolute Gasteiger partial charge is 0.382 e. The minimum Gasteiger partial charge on any atom is -0.382 e. The van der Waals surface area contributed by atoms with Crippen molar-refractivity contribution in [2.24, 2.45) is 5.41 Å². The van der Waals surface area contributed by atoms with Gasteiger partial charge >= 0.3 is 0 Å². The quantitative estimate of drug-likeness (QED) is 0.664. The Morgan fingerprint density at radius 1 is 1.43 bits per heavy atom. The van der Waals surface area contributed by atoms with E-state index in [1.165, 1.54) is 19.3 Å². The van der Waals surface area contributed by atoms with E-state index in [1.54, 1.807) is 0 Å². The van der Waals surface area contributed by atoms with E-state index in [4.69, 9.17) is 4.74 Å². The van der Waals surface area contributed by atoms with Gasteiger partial charge in [0.15, 0.2) is 0 Å². The molecule has 1 N–H and O–H groups in total. The van der Waals surface area contributed by atoms with Gasteiger partial charge in [-0.15, -0.1) is 0 Å². The highest BCUT2D eigenvalue weighted by atomic mass is 16.5. The predicted molar refractivity (Wildman–Crippen MR) is 60.5 cm³/mol. The summed E-state index contributed by atoms with van der Waals surface area (Å²) < 4.78 is 5.31. The smallest absolute Gasteiger partial charge is 0.0477 e. The maximum absolute atomic E-state index is 5.31. The lowest BCUT2D eigenvalue weighted by atomic mass is 9.87. The first kappa shape index (κ1) is 12.0. The van der Waals surface area contributed by atoms with Gasteiger partial charge in [-0.05, 0) is 38.1 Å². The number of hydrogen-bond donors (Lipinski definition) is 1. The van der Waals surface area contributed by atoms with E-state index in [2.05, 4.69) is 19.2 Å². The standard InChI is InChI=1S/C12H25NO/c1-4-14-10-6-9-13-11-7-5-8-12(11,2)3/h11,13H,4-10H2,1-3H3. The molecule has 84 valence electrons. The molecule has 0 aliphatic heterocycles. The first-order valence-corrected chi connectivity index (χ1v) is 5.98. The van der Waals surface area contributed by atoms with Crippen LogP contribution >= 0.6 is 0 Å². The molecule has 0 saturated heterocycles. The molecule has 1 aliphatic carbocycles. The van der Waals surface area contributed by atoms with Gasteiger partial charge in [-0.1, -0.05) is 20.3 Å². The van der Waals surface area contributed by atoms with Crippen molar-refractivity contribution in [3.05, 3.63) is 0 Å². The molecule has 2 heteroatoms. The van der Waals surface area contributed by atoms with Gasteiger partial charge in [0.2, 0.25) is 0 Å². The average Bonchev–Trinajstić information content (AvgIpc) is 2.45. The Morgan fingerprint density at radius 3 is 2.79 bits per heavy atom. The number of ether oxygens (including phenoxy) is 1. The summed E-state index contributed by atoms with van der Waals surface area (Å²) in [4.78, 5) is 0. The van der Waals surface area contributed by atoms with Crippen LogP contribution in [0.1, 0.15) is 46.5 Å². The van der Waals surface area contributed by atoms with Crippen molar-refractivity contribution in [2.75, 3.05) is 19.8 Å². The highest BCUT2D eigenvalue weighted by Crippen LogP contribution is 2.36. The van der Waals surface area contributed by atoms with Crippen molar-refractivity contribution in [2.45, 2.75) is 52.5 Å². The zero-order chi connectivity index (χ0) is 10.4. The second kappa shape index (κ2) is 5.72. The van der Waals surface area contributed by atoms with E-state index in [1.807, 2.05) is 6.92 Å². The van der Waals surface area contributed by atoms with Crippen molar-refractivity contribution < 1.29 is 4.74 Å². The number of rotatable bonds is 6. The SMILES string of the molecule is CCOCCCNC1CCCC1(C)C. The van der Waals surface area contributed by atoms with Crippen molar-refractivity contribution in [3.63, 3.8) is 0 Å². The van der Waals surface area contributed by atoms with Gasteiger partial charge in [0.05, 0.1) is 0 Å². The van der Waals surface area contributed by atoms with E-state index < -0.39 is 0 Å². The van der Waals surface area contributed by atoms with Crippen molar-refractivity contribution in [3.8, 4) is 0 Å². The van der Waals surface area contributed by atoms with E-state index in [0.717, 1.165) is 32.2 Å². The molecule has 0 aromatic carbocycles. The van der Waals surface area contributed by atoms with Crippen LogP contribution in [0.4, 0.5) is 0 Å². The first-order valence-electron chi connectivity index (χ1n) is 5.98. The van der Waals surface area contributed by atoms with Gasteiger partial charge in [0, 0.05) is 19.3 Å². The Labute approximate surface area is 88.4 Å². The van der Waals surface area contributed by atoms with Gasteiger partial charge < -0.3 is 10.1 Å². The molecule has 1 rings (SSSR count). The molecule has 2 nitrogen and oxygen atoms in total. The lowest BCUT2D eigenvalue weighted by Gasteiger charge is -2.27. The first-order chi connectivity index (χ1) is 6.67. The normalized spacial score (nSPS) is 25.5. The molecule has 1 fully saturated rings. The molecule has 0 bridgehead atoms. The van der Waals surface area contributed by atoms with Crippen molar-refractivity contribution in [1.82, 2.24) is 5.32 Å². The topological polar surface area (TPSA) is 21.3 Å². The van der Waals surface area contributed by atoms with Gasteiger partial charge in [0.1, 0.15) is 0 Å². The second-order valence-corrected chi connectivity index (χ2v) is 4.94. The van der Waals surface area contributed by atoms with Crippen LogP contribution in [0.2, 0.25) is 0 Å². The Morgan fingerprint density at radius 2 is 2.21 bits per heavy atom. The monoisotopic (exact) mass is 199 g/mol. The Balaban J connectivity index is 2.06. The van der Waals surface area contributed by atoms with Crippen LogP contribution in [-0.4, -0.2) is 25.8 Å². The summed E-state index contributed by atoms with van der Waals surface area (Å²) >= 11 is 0. The molecular weight excluding hydrogens is 174 g/mol. The average molecular weight is 199 g/mol. The Hall–Kier alpha value is -0.0800. The molecule has 0 spiro atoms. The summed E-state index contributed by atoms with van der Waals surface area (Å²) in [7, 11) is 0. The lowest BCUT2D eigenvalue weighted by molar-refractivity contribution is 0.142.